The number of nitrogens with zero attached hydrogens (tertiary/aromatic N) is 4. The molecule has 1 N–H and O–H groups in total. The topological polar surface area (TPSA) is 84.5 Å². The number of ether oxygens (including phenoxy) is 1. The Labute approximate surface area is 201 Å². The average molecular weight is 463 g/mol. The number of aromatic nitrogens is 3. The molecule has 1 atom stereocenters. The van der Waals surface area contributed by atoms with E-state index < -0.39 is 5.60 Å². The van der Waals surface area contributed by atoms with E-state index in [4.69, 9.17) is 9.26 Å². The molecule has 2 aliphatic rings. The van der Waals surface area contributed by atoms with E-state index in [1.54, 1.807) is 12.4 Å². The lowest BCUT2D eigenvalue weighted by Gasteiger charge is -2.55. The highest BCUT2D eigenvalue weighted by Gasteiger charge is 2.55. The molecule has 0 unspecified atom stereocenters. The molecule has 1 aliphatic carbocycles. The molecular formula is C27H34N4O3. The van der Waals surface area contributed by atoms with Crippen molar-refractivity contribution in [1.82, 2.24) is 20.0 Å². The minimum absolute atomic E-state index is 0.312. The number of rotatable bonds is 9. The maximum absolute atomic E-state index is 12.4. The summed E-state index contributed by atoms with van der Waals surface area (Å²) in [5.74, 6) is 0.916. The Morgan fingerprint density at radius 1 is 1.18 bits per heavy atom. The predicted octanol–water partition coefficient (Wildman–Crippen LogP) is 4.34. The fourth-order valence-electron chi connectivity index (χ4n) is 5.35. The smallest absolute Gasteiger partial charge is 0.259 e. The van der Waals surface area contributed by atoms with Crippen molar-refractivity contribution in [2.45, 2.75) is 64.3 Å². The molecule has 5 rings (SSSR count). The summed E-state index contributed by atoms with van der Waals surface area (Å²) in [6, 6.07) is 10.3. The lowest BCUT2D eigenvalue weighted by atomic mass is 9.62. The minimum Gasteiger partial charge on any atom is -0.380 e. The van der Waals surface area contributed by atoms with Gasteiger partial charge in [-0.1, -0.05) is 49.7 Å². The van der Waals surface area contributed by atoms with Gasteiger partial charge in [0, 0.05) is 36.5 Å². The molecule has 180 valence electrons. The van der Waals surface area contributed by atoms with E-state index in [9.17, 15) is 5.11 Å². The highest BCUT2D eigenvalue weighted by atomic mass is 16.5. The third kappa shape index (κ3) is 4.17. The Morgan fingerprint density at radius 3 is 2.59 bits per heavy atom. The first kappa shape index (κ1) is 23.1. The molecule has 1 aliphatic heterocycles. The molecule has 34 heavy (non-hydrogen) atoms. The Hall–Kier alpha value is -2.61. The van der Waals surface area contributed by atoms with Gasteiger partial charge in [0.2, 0.25) is 0 Å². The summed E-state index contributed by atoms with van der Waals surface area (Å²) in [5, 5.41) is 16.5. The molecule has 2 fully saturated rings. The van der Waals surface area contributed by atoms with Crippen molar-refractivity contribution in [3.8, 4) is 11.5 Å². The zero-order chi connectivity index (χ0) is 23.8. The van der Waals surface area contributed by atoms with Gasteiger partial charge in [0.05, 0.1) is 11.7 Å². The number of aliphatic hydroxyl groups is 1. The second-order valence-electron chi connectivity index (χ2n) is 10.2. The highest BCUT2D eigenvalue weighted by molar-refractivity contribution is 5.55. The number of hydrogen-bond acceptors (Lipinski definition) is 7. The molecule has 3 heterocycles. The first-order valence-electron chi connectivity index (χ1n) is 12.3. The average Bonchev–Trinajstić information content (AvgIpc) is 3.26. The fourth-order valence-corrected chi connectivity index (χ4v) is 5.35. The standard InChI is InChI=1S/C27H34N4O3/c1-4-6-19-9-11-21(12-10-19)27(32,26(2)17-31(3)18-26)22-13-20(14-28-15-22)25-29-24(30-34-25)16-33-23-7-5-8-23/h9-15,23,32H,4-8,16-18H2,1-3H3/t27-/m0/s1. The third-order valence-corrected chi connectivity index (χ3v) is 7.39. The Kier molecular flexibility index (Phi) is 6.27. The summed E-state index contributed by atoms with van der Waals surface area (Å²) in [6.45, 7) is 6.23. The van der Waals surface area contributed by atoms with Gasteiger partial charge in [-0.15, -0.1) is 0 Å². The van der Waals surface area contributed by atoms with Crippen molar-refractivity contribution in [3.63, 3.8) is 0 Å². The minimum atomic E-state index is -1.20. The van der Waals surface area contributed by atoms with E-state index in [0.29, 0.717) is 30.0 Å². The molecule has 0 bridgehead atoms. The van der Waals surface area contributed by atoms with Crippen LogP contribution in [0.15, 0.2) is 47.2 Å². The second kappa shape index (κ2) is 9.21. The van der Waals surface area contributed by atoms with Crippen LogP contribution in [0.25, 0.3) is 11.5 Å². The van der Waals surface area contributed by atoms with E-state index in [1.807, 2.05) is 6.07 Å². The first-order valence-corrected chi connectivity index (χ1v) is 12.3. The summed E-state index contributed by atoms with van der Waals surface area (Å²) >= 11 is 0. The van der Waals surface area contributed by atoms with E-state index in [1.165, 1.54) is 12.0 Å². The number of benzene rings is 1. The van der Waals surface area contributed by atoms with Crippen molar-refractivity contribution >= 4 is 0 Å². The first-order chi connectivity index (χ1) is 16.4. The van der Waals surface area contributed by atoms with Gasteiger partial charge < -0.3 is 19.3 Å². The van der Waals surface area contributed by atoms with Gasteiger partial charge in [-0.3, -0.25) is 4.98 Å². The maximum atomic E-state index is 12.4. The zero-order valence-corrected chi connectivity index (χ0v) is 20.3. The number of aryl methyl sites for hydroxylation is 1. The molecule has 0 amide bonds. The van der Waals surface area contributed by atoms with Crippen LogP contribution in [0.2, 0.25) is 0 Å². The summed E-state index contributed by atoms with van der Waals surface area (Å²) in [6.07, 6.45) is 9.31. The van der Waals surface area contributed by atoms with Crippen molar-refractivity contribution in [1.29, 1.82) is 0 Å². The van der Waals surface area contributed by atoms with Gasteiger partial charge in [-0.2, -0.15) is 4.98 Å². The van der Waals surface area contributed by atoms with Crippen LogP contribution in [0, 0.1) is 5.41 Å². The molecular weight excluding hydrogens is 428 g/mol. The summed E-state index contributed by atoms with van der Waals surface area (Å²) in [5.41, 5.74) is 2.02. The van der Waals surface area contributed by atoms with E-state index >= 15 is 0 Å². The van der Waals surface area contributed by atoms with Crippen molar-refractivity contribution in [3.05, 3.63) is 65.2 Å². The predicted molar refractivity (Wildman–Crippen MR) is 129 cm³/mol. The molecule has 3 aromatic rings. The second-order valence-corrected chi connectivity index (χ2v) is 10.2. The van der Waals surface area contributed by atoms with Gasteiger partial charge in [0.1, 0.15) is 12.2 Å². The molecule has 2 aromatic heterocycles. The van der Waals surface area contributed by atoms with Crippen LogP contribution in [0.3, 0.4) is 0 Å². The van der Waals surface area contributed by atoms with Crippen LogP contribution in [-0.4, -0.2) is 51.4 Å². The lowest BCUT2D eigenvalue weighted by molar-refractivity contribution is -0.127. The van der Waals surface area contributed by atoms with Gasteiger partial charge in [-0.05, 0) is 49.9 Å². The molecule has 0 radical (unpaired) electrons. The van der Waals surface area contributed by atoms with Crippen LogP contribution in [0.5, 0.6) is 0 Å². The molecule has 1 aromatic carbocycles. The fraction of sp³-hybridized carbons (Fsp3) is 0.519. The monoisotopic (exact) mass is 462 g/mol. The summed E-state index contributed by atoms with van der Waals surface area (Å²) in [4.78, 5) is 11.2. The van der Waals surface area contributed by atoms with Crippen LogP contribution in [0.1, 0.15) is 62.0 Å². The Balaban J connectivity index is 1.46. The molecule has 7 heteroatoms. The number of likely N-dealkylation sites (tertiary alicyclic amines) is 1. The molecule has 1 saturated heterocycles. The Bertz CT molecular complexity index is 1120. The lowest BCUT2D eigenvalue weighted by Crippen LogP contribution is -2.63. The van der Waals surface area contributed by atoms with E-state index in [2.05, 4.69) is 65.2 Å². The SMILES string of the molecule is CCCc1ccc([C@](O)(c2cncc(-c3nc(COC4CCC4)no3)c2)C2(C)CN(C)C2)cc1. The molecule has 7 nitrogen and oxygen atoms in total. The largest absolute Gasteiger partial charge is 0.380 e. The zero-order valence-electron chi connectivity index (χ0n) is 20.3. The Morgan fingerprint density at radius 2 is 1.94 bits per heavy atom. The third-order valence-electron chi connectivity index (χ3n) is 7.39. The van der Waals surface area contributed by atoms with Crippen molar-refractivity contribution < 1.29 is 14.4 Å². The highest BCUT2D eigenvalue weighted by Crippen LogP contribution is 2.50. The van der Waals surface area contributed by atoms with Crippen LogP contribution < -0.4 is 0 Å². The summed E-state index contributed by atoms with van der Waals surface area (Å²) < 4.78 is 11.3. The van der Waals surface area contributed by atoms with Crippen LogP contribution in [-0.2, 0) is 23.4 Å². The quantitative estimate of drug-likeness (QED) is 0.506. The van der Waals surface area contributed by atoms with Crippen LogP contribution >= 0.6 is 0 Å². The molecule has 1 saturated carbocycles. The summed E-state index contributed by atoms with van der Waals surface area (Å²) in [7, 11) is 2.08. The van der Waals surface area contributed by atoms with E-state index in [-0.39, 0.29) is 5.41 Å². The van der Waals surface area contributed by atoms with Crippen molar-refractivity contribution in [2.75, 3.05) is 20.1 Å². The van der Waals surface area contributed by atoms with Gasteiger partial charge >= 0.3 is 0 Å². The van der Waals surface area contributed by atoms with Gasteiger partial charge in [-0.25, -0.2) is 0 Å². The van der Waals surface area contributed by atoms with Crippen LogP contribution in [0.4, 0.5) is 0 Å². The normalized spacial score (nSPS) is 19.9. The maximum Gasteiger partial charge on any atom is 0.259 e. The molecule has 0 spiro atoms. The number of hydrogen-bond donors (Lipinski definition) is 1. The van der Waals surface area contributed by atoms with Gasteiger partial charge in [0.25, 0.3) is 5.89 Å². The number of pyridine rings is 1. The van der Waals surface area contributed by atoms with Crippen molar-refractivity contribution in [2.24, 2.45) is 5.41 Å². The van der Waals surface area contributed by atoms with E-state index in [0.717, 1.165) is 49.9 Å². The van der Waals surface area contributed by atoms with Gasteiger partial charge in [0.15, 0.2) is 5.82 Å².